The highest BCUT2D eigenvalue weighted by atomic mass is 32.2. The summed E-state index contributed by atoms with van der Waals surface area (Å²) in [5.41, 5.74) is 0. The van der Waals surface area contributed by atoms with Crippen molar-refractivity contribution in [2.24, 2.45) is 0 Å². The molecule has 0 unspecified atom stereocenters. The number of nitrogens with one attached hydrogen (secondary N) is 1. The number of methoxy groups -OCH3 is 1. The molecule has 0 radical (unpaired) electrons. The van der Waals surface area contributed by atoms with Crippen LogP contribution in [0.1, 0.15) is 13.8 Å². The number of hydrogen-bond donors (Lipinski definition) is 1. The summed E-state index contributed by atoms with van der Waals surface area (Å²) in [4.78, 5) is 12.1. The van der Waals surface area contributed by atoms with Crippen LogP contribution in [0.25, 0.3) is 0 Å². The van der Waals surface area contributed by atoms with E-state index in [2.05, 4.69) is 15.5 Å². The third-order valence-electron chi connectivity index (χ3n) is 2.65. The Hall–Kier alpha value is -1.80. The van der Waals surface area contributed by atoms with Gasteiger partial charge in [0.1, 0.15) is 0 Å². The lowest BCUT2D eigenvalue weighted by Crippen LogP contribution is -2.30. The van der Waals surface area contributed by atoms with Crippen molar-refractivity contribution in [2.75, 3.05) is 18.2 Å². The molecule has 0 aliphatic heterocycles. The van der Waals surface area contributed by atoms with E-state index in [1.54, 1.807) is 37.9 Å². The van der Waals surface area contributed by atoms with E-state index in [1.807, 2.05) is 19.1 Å². The zero-order valence-electron chi connectivity index (χ0n) is 12.5. The molecule has 22 heavy (non-hydrogen) atoms. The topological polar surface area (TPSA) is 73.3 Å². The third kappa shape index (κ3) is 4.35. The molecule has 1 aromatic carbocycles. The largest absolute Gasteiger partial charge is 0.493 e. The van der Waals surface area contributed by atoms with Gasteiger partial charge < -0.3 is 9.47 Å². The van der Waals surface area contributed by atoms with E-state index in [4.69, 9.17) is 9.47 Å². The second kappa shape index (κ2) is 8.00. The van der Waals surface area contributed by atoms with Crippen LogP contribution in [0.2, 0.25) is 0 Å². The number of rotatable bonds is 7. The van der Waals surface area contributed by atoms with Crippen molar-refractivity contribution in [3.63, 3.8) is 0 Å². The maximum Gasteiger partial charge on any atom is 0.266 e. The van der Waals surface area contributed by atoms with E-state index in [0.29, 0.717) is 16.6 Å². The molecule has 1 amide bonds. The summed E-state index contributed by atoms with van der Waals surface area (Å²) in [6.45, 7) is 3.71. The van der Waals surface area contributed by atoms with Crippen molar-refractivity contribution in [2.45, 2.75) is 24.3 Å². The molecule has 2 rings (SSSR count). The summed E-state index contributed by atoms with van der Waals surface area (Å²) in [5.74, 6) is 1.73. The highest BCUT2D eigenvalue weighted by molar-refractivity contribution is 8.01. The zero-order valence-corrected chi connectivity index (χ0v) is 14.2. The Labute approximate surface area is 137 Å². The van der Waals surface area contributed by atoms with Gasteiger partial charge in [0.2, 0.25) is 5.13 Å². The minimum Gasteiger partial charge on any atom is -0.493 e. The molecule has 0 bridgehead atoms. The highest BCUT2D eigenvalue weighted by Crippen LogP contribution is 2.28. The van der Waals surface area contributed by atoms with Gasteiger partial charge in [-0.05, 0) is 24.8 Å². The molecular formula is C14H17N3O3S2. The summed E-state index contributed by atoms with van der Waals surface area (Å²) < 4.78 is 11.7. The second-order valence-corrected chi connectivity index (χ2v) is 6.69. The molecule has 8 heteroatoms. The van der Waals surface area contributed by atoms with Gasteiger partial charge in [0.05, 0.1) is 7.11 Å². The van der Waals surface area contributed by atoms with Crippen LogP contribution in [0, 0.1) is 0 Å². The van der Waals surface area contributed by atoms with E-state index >= 15 is 0 Å². The monoisotopic (exact) mass is 339 g/mol. The van der Waals surface area contributed by atoms with Crippen LogP contribution >= 0.6 is 23.1 Å². The summed E-state index contributed by atoms with van der Waals surface area (Å²) in [6.07, 6.45) is -0.678. The Kier molecular flexibility index (Phi) is 6.02. The molecule has 0 fully saturated rings. The summed E-state index contributed by atoms with van der Waals surface area (Å²) in [7, 11) is 1.56. The van der Waals surface area contributed by atoms with E-state index in [-0.39, 0.29) is 5.91 Å². The first kappa shape index (κ1) is 16.6. The number of aromatic nitrogens is 2. The number of hydrogen-bond acceptors (Lipinski definition) is 7. The van der Waals surface area contributed by atoms with Crippen molar-refractivity contribution in [1.29, 1.82) is 0 Å². The lowest BCUT2D eigenvalue weighted by atomic mass is 10.3. The molecule has 118 valence electrons. The molecule has 6 nitrogen and oxygen atoms in total. The number of nitrogens with zero attached hydrogens (tertiary/aromatic N) is 2. The predicted molar refractivity (Wildman–Crippen MR) is 88.0 cm³/mol. The molecule has 1 atom stereocenters. The quantitative estimate of drug-likeness (QED) is 0.617. The lowest BCUT2D eigenvalue weighted by Gasteiger charge is -2.15. The molecule has 1 heterocycles. The summed E-state index contributed by atoms with van der Waals surface area (Å²) >= 11 is 2.93. The van der Waals surface area contributed by atoms with Gasteiger partial charge in [-0.25, -0.2) is 0 Å². The number of thioether (sulfide) groups is 1. The van der Waals surface area contributed by atoms with Crippen LogP contribution < -0.4 is 14.8 Å². The first-order valence-corrected chi connectivity index (χ1v) is 8.51. The van der Waals surface area contributed by atoms with Gasteiger partial charge in [0, 0.05) is 0 Å². The fraction of sp³-hybridized carbons (Fsp3) is 0.357. The number of anilines is 1. The van der Waals surface area contributed by atoms with Crippen LogP contribution in [-0.4, -0.2) is 35.1 Å². The molecule has 0 saturated carbocycles. The van der Waals surface area contributed by atoms with Gasteiger partial charge >= 0.3 is 0 Å². The molecular weight excluding hydrogens is 322 g/mol. The number of carbonyl (C=O) groups excluding carboxylic acids is 1. The first-order chi connectivity index (χ1) is 10.6. The zero-order chi connectivity index (χ0) is 15.9. The summed E-state index contributed by atoms with van der Waals surface area (Å²) in [6, 6.07) is 7.19. The number of para-hydroxylation sites is 2. The normalized spacial score (nSPS) is 11.8. The predicted octanol–water partition coefficient (Wildman–Crippen LogP) is 3.06. The molecule has 1 aromatic heterocycles. The smallest absolute Gasteiger partial charge is 0.266 e. The Morgan fingerprint density at radius 3 is 2.77 bits per heavy atom. The average molecular weight is 339 g/mol. The number of amides is 1. The molecule has 0 spiro atoms. The maximum atomic E-state index is 12.1. The van der Waals surface area contributed by atoms with Crippen molar-refractivity contribution >= 4 is 34.1 Å². The van der Waals surface area contributed by atoms with Crippen molar-refractivity contribution in [3.8, 4) is 11.5 Å². The van der Waals surface area contributed by atoms with Crippen molar-refractivity contribution < 1.29 is 14.3 Å². The van der Waals surface area contributed by atoms with Crippen LogP contribution in [0.4, 0.5) is 5.13 Å². The number of carbonyl (C=O) groups is 1. The van der Waals surface area contributed by atoms with Gasteiger partial charge in [0.15, 0.2) is 21.9 Å². The highest BCUT2D eigenvalue weighted by Gasteiger charge is 2.18. The van der Waals surface area contributed by atoms with Gasteiger partial charge in [-0.2, -0.15) is 0 Å². The number of ether oxygens (including phenoxy) is 2. The van der Waals surface area contributed by atoms with Crippen LogP contribution in [0.5, 0.6) is 11.5 Å². The van der Waals surface area contributed by atoms with Gasteiger partial charge in [-0.15, -0.1) is 10.2 Å². The first-order valence-electron chi connectivity index (χ1n) is 6.71. The van der Waals surface area contributed by atoms with Crippen molar-refractivity contribution in [1.82, 2.24) is 10.2 Å². The minimum absolute atomic E-state index is 0.282. The maximum absolute atomic E-state index is 12.1. The lowest BCUT2D eigenvalue weighted by molar-refractivity contribution is -0.122. The molecule has 0 aliphatic carbocycles. The van der Waals surface area contributed by atoms with E-state index in [9.17, 15) is 4.79 Å². The Balaban J connectivity index is 1.96. The van der Waals surface area contributed by atoms with Crippen LogP contribution in [0.15, 0.2) is 28.6 Å². The van der Waals surface area contributed by atoms with Crippen LogP contribution in [0.3, 0.4) is 0 Å². The molecule has 0 saturated heterocycles. The van der Waals surface area contributed by atoms with Gasteiger partial charge in [-0.1, -0.05) is 42.2 Å². The van der Waals surface area contributed by atoms with Crippen molar-refractivity contribution in [3.05, 3.63) is 24.3 Å². The summed E-state index contributed by atoms with van der Waals surface area (Å²) in [5, 5.41) is 11.1. The minimum atomic E-state index is -0.678. The third-order valence-corrected chi connectivity index (χ3v) is 4.50. The van der Waals surface area contributed by atoms with E-state index < -0.39 is 6.10 Å². The van der Waals surface area contributed by atoms with E-state index in [0.717, 1.165) is 10.1 Å². The van der Waals surface area contributed by atoms with Crippen LogP contribution in [-0.2, 0) is 4.79 Å². The SMILES string of the molecule is CCSc1nnc(NC(=O)[C@H](C)Oc2ccccc2OC)s1. The van der Waals surface area contributed by atoms with Gasteiger partial charge in [0.25, 0.3) is 5.91 Å². The average Bonchev–Trinajstić information content (AvgIpc) is 2.95. The van der Waals surface area contributed by atoms with Gasteiger partial charge in [-0.3, -0.25) is 10.1 Å². The fourth-order valence-electron chi connectivity index (χ4n) is 1.61. The Bertz CT molecular complexity index is 633. The number of benzene rings is 1. The fourth-order valence-corrected chi connectivity index (χ4v) is 3.26. The molecule has 2 aromatic rings. The molecule has 0 aliphatic rings. The second-order valence-electron chi connectivity index (χ2n) is 4.21. The molecule has 1 N–H and O–H groups in total. The van der Waals surface area contributed by atoms with E-state index in [1.165, 1.54) is 11.3 Å². The Morgan fingerprint density at radius 1 is 1.36 bits per heavy atom. The standard InChI is InChI=1S/C14H17N3O3S2/c1-4-21-14-17-16-13(22-14)15-12(18)9(2)20-11-8-6-5-7-10(11)19-3/h5-9H,4H2,1-3H3,(H,15,16,18)/t9-/m0/s1. The Morgan fingerprint density at radius 2 is 2.09 bits per heavy atom.